The molecule has 0 aliphatic rings. The standard InChI is InChI=1S/C19H17ClN2O4S/c20-15-6-4-7-16(12-15)22(27(24,25)18-9-2-1-3-10-18)14-19(23)21-13-17-8-5-11-26-17/h1-12H,13-14H2,(H,21,23). The minimum atomic E-state index is -3.95. The van der Waals surface area contributed by atoms with Gasteiger partial charge in [0, 0.05) is 5.02 Å². The first-order chi connectivity index (χ1) is 13.0. The molecule has 0 bridgehead atoms. The van der Waals surface area contributed by atoms with Crippen LogP contribution in [0.5, 0.6) is 0 Å². The molecule has 0 spiro atoms. The maximum absolute atomic E-state index is 13.1. The van der Waals surface area contributed by atoms with Gasteiger partial charge in [0.1, 0.15) is 12.3 Å². The predicted molar refractivity (Wildman–Crippen MR) is 103 cm³/mol. The number of hydrogen-bond acceptors (Lipinski definition) is 4. The molecule has 0 aliphatic heterocycles. The summed E-state index contributed by atoms with van der Waals surface area (Å²) in [5, 5.41) is 3.02. The zero-order chi connectivity index (χ0) is 19.3. The molecule has 0 radical (unpaired) electrons. The van der Waals surface area contributed by atoms with E-state index in [2.05, 4.69) is 5.32 Å². The van der Waals surface area contributed by atoms with Crippen LogP contribution in [0.1, 0.15) is 5.76 Å². The van der Waals surface area contributed by atoms with Gasteiger partial charge in [0.05, 0.1) is 23.4 Å². The van der Waals surface area contributed by atoms with Gasteiger partial charge in [0.2, 0.25) is 5.91 Å². The normalized spacial score (nSPS) is 11.1. The second-order valence-corrected chi connectivity index (χ2v) is 7.96. The van der Waals surface area contributed by atoms with Gasteiger partial charge in [0.25, 0.3) is 10.0 Å². The molecule has 2 aromatic carbocycles. The third kappa shape index (κ3) is 4.69. The van der Waals surface area contributed by atoms with Gasteiger partial charge >= 0.3 is 0 Å². The molecule has 3 rings (SSSR count). The van der Waals surface area contributed by atoms with E-state index in [-0.39, 0.29) is 11.4 Å². The molecule has 1 aromatic heterocycles. The number of furan rings is 1. The van der Waals surface area contributed by atoms with Crippen molar-refractivity contribution >= 4 is 33.2 Å². The lowest BCUT2D eigenvalue weighted by atomic mass is 10.3. The quantitative estimate of drug-likeness (QED) is 0.654. The van der Waals surface area contributed by atoms with Crippen LogP contribution in [-0.4, -0.2) is 20.9 Å². The summed E-state index contributed by atoms with van der Waals surface area (Å²) in [7, 11) is -3.95. The van der Waals surface area contributed by atoms with Crippen molar-refractivity contribution in [1.82, 2.24) is 5.32 Å². The predicted octanol–water partition coefficient (Wildman–Crippen LogP) is 3.44. The largest absolute Gasteiger partial charge is 0.467 e. The number of benzene rings is 2. The Kier molecular flexibility index (Phi) is 5.83. The molecule has 0 atom stereocenters. The fourth-order valence-corrected chi connectivity index (χ4v) is 4.07. The maximum Gasteiger partial charge on any atom is 0.264 e. The first kappa shape index (κ1) is 19.0. The van der Waals surface area contributed by atoms with Gasteiger partial charge in [-0.2, -0.15) is 0 Å². The van der Waals surface area contributed by atoms with Crippen molar-refractivity contribution < 1.29 is 17.6 Å². The van der Waals surface area contributed by atoms with E-state index in [1.165, 1.54) is 24.5 Å². The number of carbonyl (C=O) groups excluding carboxylic acids is 1. The van der Waals surface area contributed by atoms with Gasteiger partial charge in [-0.3, -0.25) is 9.10 Å². The average molecular weight is 405 g/mol. The Labute approximate surface area is 162 Å². The van der Waals surface area contributed by atoms with E-state index in [9.17, 15) is 13.2 Å². The molecule has 1 N–H and O–H groups in total. The van der Waals surface area contributed by atoms with Crippen molar-refractivity contribution in [3.63, 3.8) is 0 Å². The summed E-state index contributed by atoms with van der Waals surface area (Å²) in [5.41, 5.74) is 0.305. The number of carbonyl (C=O) groups is 1. The Balaban J connectivity index is 1.87. The average Bonchev–Trinajstić information content (AvgIpc) is 3.18. The number of halogens is 1. The fourth-order valence-electron chi connectivity index (χ4n) is 2.45. The van der Waals surface area contributed by atoms with E-state index in [4.69, 9.17) is 16.0 Å². The number of hydrogen-bond donors (Lipinski definition) is 1. The van der Waals surface area contributed by atoms with Gasteiger partial charge in [-0.15, -0.1) is 0 Å². The zero-order valence-electron chi connectivity index (χ0n) is 14.2. The Morgan fingerprint density at radius 2 is 1.81 bits per heavy atom. The molecule has 8 heteroatoms. The van der Waals surface area contributed by atoms with Crippen LogP contribution in [-0.2, 0) is 21.4 Å². The highest BCUT2D eigenvalue weighted by molar-refractivity contribution is 7.92. The number of nitrogens with one attached hydrogen (secondary N) is 1. The third-order valence-corrected chi connectivity index (χ3v) is 5.78. The summed E-state index contributed by atoms with van der Waals surface area (Å²) in [6.07, 6.45) is 1.50. The van der Waals surface area contributed by atoms with Crippen molar-refractivity contribution in [3.8, 4) is 0 Å². The first-order valence-electron chi connectivity index (χ1n) is 8.09. The molecule has 0 aliphatic carbocycles. The van der Waals surface area contributed by atoms with Crippen molar-refractivity contribution in [3.05, 3.63) is 83.8 Å². The number of sulfonamides is 1. The van der Waals surface area contributed by atoms with Crippen molar-refractivity contribution in [2.45, 2.75) is 11.4 Å². The van der Waals surface area contributed by atoms with Crippen LogP contribution in [0.3, 0.4) is 0 Å². The second kappa shape index (κ2) is 8.28. The number of nitrogens with zero attached hydrogens (tertiary/aromatic N) is 1. The summed E-state index contributed by atoms with van der Waals surface area (Å²) in [6.45, 7) is -0.223. The van der Waals surface area contributed by atoms with Crippen LogP contribution in [0.15, 0.2) is 82.3 Å². The highest BCUT2D eigenvalue weighted by atomic mass is 35.5. The summed E-state index contributed by atoms with van der Waals surface area (Å²) in [5.74, 6) is 0.106. The molecule has 1 amide bonds. The molecule has 1 heterocycles. The Morgan fingerprint density at radius 1 is 1.04 bits per heavy atom. The third-order valence-electron chi connectivity index (χ3n) is 3.75. The van der Waals surface area contributed by atoms with Crippen molar-refractivity contribution in [2.24, 2.45) is 0 Å². The second-order valence-electron chi connectivity index (χ2n) is 5.66. The Hall–Kier alpha value is -2.77. The molecule has 0 unspecified atom stereocenters. The molecule has 0 saturated heterocycles. The van der Waals surface area contributed by atoms with E-state index in [1.54, 1.807) is 48.5 Å². The number of anilines is 1. The van der Waals surface area contributed by atoms with Crippen LogP contribution in [0.25, 0.3) is 0 Å². The summed E-state index contributed by atoms with van der Waals surface area (Å²) in [4.78, 5) is 12.5. The Morgan fingerprint density at radius 3 is 2.48 bits per heavy atom. The molecule has 0 fully saturated rings. The van der Waals surface area contributed by atoms with E-state index in [0.717, 1.165) is 4.31 Å². The van der Waals surface area contributed by atoms with Gasteiger partial charge in [-0.1, -0.05) is 35.9 Å². The number of rotatable bonds is 7. The van der Waals surface area contributed by atoms with Gasteiger partial charge < -0.3 is 9.73 Å². The first-order valence-corrected chi connectivity index (χ1v) is 9.91. The van der Waals surface area contributed by atoms with Gasteiger partial charge in [-0.05, 0) is 42.5 Å². The van der Waals surface area contributed by atoms with E-state index < -0.39 is 22.5 Å². The van der Waals surface area contributed by atoms with Crippen LogP contribution < -0.4 is 9.62 Å². The summed E-state index contributed by atoms with van der Waals surface area (Å²) >= 11 is 6.02. The number of amides is 1. The fraction of sp³-hybridized carbons (Fsp3) is 0.105. The minimum Gasteiger partial charge on any atom is -0.467 e. The molecular weight excluding hydrogens is 388 g/mol. The van der Waals surface area contributed by atoms with E-state index >= 15 is 0 Å². The zero-order valence-corrected chi connectivity index (χ0v) is 15.8. The van der Waals surface area contributed by atoms with Crippen LogP contribution >= 0.6 is 11.6 Å². The summed E-state index contributed by atoms with van der Waals surface area (Å²) < 4.78 is 32.4. The highest BCUT2D eigenvalue weighted by Gasteiger charge is 2.27. The molecule has 0 saturated carbocycles. The monoisotopic (exact) mass is 404 g/mol. The van der Waals surface area contributed by atoms with Crippen LogP contribution in [0.2, 0.25) is 5.02 Å². The molecular formula is C19H17ClN2O4S. The smallest absolute Gasteiger partial charge is 0.264 e. The minimum absolute atomic E-state index is 0.0869. The molecule has 3 aromatic rings. The maximum atomic E-state index is 13.1. The Bertz CT molecular complexity index is 1010. The molecule has 6 nitrogen and oxygen atoms in total. The lowest BCUT2D eigenvalue weighted by Gasteiger charge is -2.24. The van der Waals surface area contributed by atoms with E-state index in [1.807, 2.05) is 0 Å². The van der Waals surface area contributed by atoms with Crippen LogP contribution in [0, 0.1) is 0 Å². The van der Waals surface area contributed by atoms with Gasteiger partial charge in [0.15, 0.2) is 0 Å². The summed E-state index contributed by atoms with van der Waals surface area (Å²) in [6, 6.07) is 17.7. The van der Waals surface area contributed by atoms with Crippen molar-refractivity contribution in [2.75, 3.05) is 10.8 Å². The van der Waals surface area contributed by atoms with Gasteiger partial charge in [-0.25, -0.2) is 8.42 Å². The molecule has 140 valence electrons. The lowest BCUT2D eigenvalue weighted by Crippen LogP contribution is -2.40. The topological polar surface area (TPSA) is 79.6 Å². The highest BCUT2D eigenvalue weighted by Crippen LogP contribution is 2.25. The molecule has 27 heavy (non-hydrogen) atoms. The SMILES string of the molecule is O=C(CN(c1cccc(Cl)c1)S(=O)(=O)c1ccccc1)NCc1ccco1. The van der Waals surface area contributed by atoms with Crippen molar-refractivity contribution in [1.29, 1.82) is 0 Å². The lowest BCUT2D eigenvalue weighted by molar-refractivity contribution is -0.119. The van der Waals surface area contributed by atoms with E-state index in [0.29, 0.717) is 16.5 Å². The van der Waals surface area contributed by atoms with Crippen LogP contribution in [0.4, 0.5) is 5.69 Å².